The smallest absolute Gasteiger partial charge is 0.462 e. The van der Waals surface area contributed by atoms with Gasteiger partial charge in [-0.25, -0.2) is 9.13 Å². The number of esters is 4. The molecule has 0 heterocycles. The molecule has 0 aliphatic carbocycles. The van der Waals surface area contributed by atoms with Crippen molar-refractivity contribution in [3.05, 3.63) is 0 Å². The first-order valence-electron chi connectivity index (χ1n) is 41.7. The Labute approximate surface area is 613 Å². The summed E-state index contributed by atoms with van der Waals surface area (Å²) in [6.07, 6.45) is 57.0. The van der Waals surface area contributed by atoms with E-state index < -0.39 is 97.5 Å². The Morgan fingerprint density at radius 1 is 0.280 bits per heavy atom. The Kier molecular flexibility index (Phi) is 68.7. The topological polar surface area (TPSA) is 237 Å². The van der Waals surface area contributed by atoms with E-state index in [0.717, 1.165) is 120 Å². The Morgan fingerprint density at radius 2 is 0.480 bits per heavy atom. The second-order valence-corrected chi connectivity index (χ2v) is 33.7. The molecule has 3 N–H and O–H groups in total. The number of aliphatic hydroxyl groups excluding tert-OH is 1. The number of phosphoric ester groups is 2. The van der Waals surface area contributed by atoms with E-state index in [1.54, 1.807) is 0 Å². The van der Waals surface area contributed by atoms with Crippen molar-refractivity contribution in [2.24, 2.45) is 23.7 Å². The Hall–Kier alpha value is -1.94. The minimum atomic E-state index is -4.96. The number of aliphatic hydroxyl groups is 1. The van der Waals surface area contributed by atoms with Crippen LogP contribution >= 0.6 is 15.6 Å². The standard InChI is InChI=1S/C81H158O17P2/c1-9-74(8)60-52-44-39-40-46-54-62-79(84)92-68-77(98-80(85)63-55-47-37-31-25-19-18-22-28-34-42-50-58-72(4)5)70-96-100(89,90)94-66-75(82)65-93-99(87,88)95-69-76(97-81(86)64-56-48-38-32-26-20-23-29-35-43-51-59-73(6)7)67-91-78(83)61-53-45-36-30-24-17-15-13-11-10-12-14-16-21-27-33-41-49-57-71(2)3/h71-77,82H,9-70H2,1-8H3,(H,87,88)(H,89,90)/t74?,75-,76-,77-/m1/s1. The van der Waals surface area contributed by atoms with Crippen molar-refractivity contribution in [3.8, 4) is 0 Å². The van der Waals surface area contributed by atoms with Crippen molar-refractivity contribution in [1.82, 2.24) is 0 Å². The molecule has 19 heteroatoms. The third-order valence-electron chi connectivity index (χ3n) is 19.2. The average Bonchev–Trinajstić information content (AvgIpc) is 0.923. The van der Waals surface area contributed by atoms with Crippen LogP contribution in [-0.4, -0.2) is 96.7 Å². The molecule has 0 aliphatic heterocycles. The second-order valence-electron chi connectivity index (χ2n) is 30.8. The third kappa shape index (κ3) is 73.0. The van der Waals surface area contributed by atoms with Gasteiger partial charge < -0.3 is 33.8 Å². The van der Waals surface area contributed by atoms with Crippen LogP contribution in [0.25, 0.3) is 0 Å². The van der Waals surface area contributed by atoms with E-state index in [-0.39, 0.29) is 25.7 Å². The molecule has 0 bridgehead atoms. The van der Waals surface area contributed by atoms with Crippen molar-refractivity contribution >= 4 is 39.5 Å². The Balaban J connectivity index is 5.21. The van der Waals surface area contributed by atoms with Crippen LogP contribution in [0.5, 0.6) is 0 Å². The van der Waals surface area contributed by atoms with Gasteiger partial charge in [0.1, 0.15) is 19.3 Å². The number of hydrogen-bond acceptors (Lipinski definition) is 15. The molecule has 594 valence electrons. The van der Waals surface area contributed by atoms with Crippen LogP contribution in [0.4, 0.5) is 0 Å². The summed E-state index contributed by atoms with van der Waals surface area (Å²) < 4.78 is 68.7. The number of rotatable bonds is 78. The predicted molar refractivity (Wildman–Crippen MR) is 409 cm³/mol. The first kappa shape index (κ1) is 98.1. The molecule has 0 fully saturated rings. The maximum Gasteiger partial charge on any atom is 0.472 e. The number of ether oxygens (including phenoxy) is 4. The fraction of sp³-hybridized carbons (Fsp3) is 0.951. The van der Waals surface area contributed by atoms with Crippen LogP contribution in [0.3, 0.4) is 0 Å². The molecule has 3 unspecified atom stereocenters. The van der Waals surface area contributed by atoms with Crippen LogP contribution < -0.4 is 0 Å². The summed E-state index contributed by atoms with van der Waals surface area (Å²) >= 11 is 0. The molecular weight excluding hydrogens is 1310 g/mol. The minimum absolute atomic E-state index is 0.106. The molecule has 0 aromatic heterocycles. The molecule has 0 aromatic carbocycles. The lowest BCUT2D eigenvalue weighted by molar-refractivity contribution is -0.161. The maximum atomic E-state index is 13.1. The maximum absolute atomic E-state index is 13.1. The molecule has 100 heavy (non-hydrogen) atoms. The van der Waals surface area contributed by atoms with Crippen molar-refractivity contribution in [1.29, 1.82) is 0 Å². The monoisotopic (exact) mass is 1470 g/mol. The summed E-state index contributed by atoms with van der Waals surface area (Å²) in [7, 11) is -9.92. The van der Waals surface area contributed by atoms with Gasteiger partial charge in [-0.3, -0.25) is 37.3 Å². The van der Waals surface area contributed by atoms with Gasteiger partial charge in [0.15, 0.2) is 12.2 Å². The zero-order valence-corrected chi connectivity index (χ0v) is 67.6. The largest absolute Gasteiger partial charge is 0.472 e. The zero-order valence-electron chi connectivity index (χ0n) is 65.8. The second kappa shape index (κ2) is 70.1. The molecular formula is C81H158O17P2. The third-order valence-corrected chi connectivity index (χ3v) is 21.1. The Bertz CT molecular complexity index is 1960. The molecule has 17 nitrogen and oxygen atoms in total. The summed E-state index contributed by atoms with van der Waals surface area (Å²) in [5.41, 5.74) is 0. The number of carbonyl (C=O) groups excluding carboxylic acids is 4. The molecule has 0 rings (SSSR count). The molecule has 0 saturated carbocycles. The highest BCUT2D eigenvalue weighted by atomic mass is 31.2. The molecule has 0 amide bonds. The van der Waals surface area contributed by atoms with Crippen LogP contribution in [0.15, 0.2) is 0 Å². The predicted octanol–water partition coefficient (Wildman–Crippen LogP) is 24.0. The highest BCUT2D eigenvalue weighted by Crippen LogP contribution is 2.45. The van der Waals surface area contributed by atoms with Gasteiger partial charge >= 0.3 is 39.5 Å². The van der Waals surface area contributed by atoms with E-state index in [2.05, 4.69) is 55.4 Å². The molecule has 0 radical (unpaired) electrons. The highest BCUT2D eigenvalue weighted by molar-refractivity contribution is 7.47. The van der Waals surface area contributed by atoms with Crippen molar-refractivity contribution in [2.45, 2.75) is 433 Å². The summed E-state index contributed by atoms with van der Waals surface area (Å²) in [5, 5.41) is 10.6. The molecule has 0 saturated heterocycles. The van der Waals surface area contributed by atoms with E-state index in [1.807, 2.05) is 0 Å². The number of carbonyl (C=O) groups is 4. The van der Waals surface area contributed by atoms with Crippen molar-refractivity contribution in [3.63, 3.8) is 0 Å². The lowest BCUT2D eigenvalue weighted by atomic mass is 10.00. The Morgan fingerprint density at radius 3 is 0.710 bits per heavy atom. The normalized spacial score (nSPS) is 14.3. The van der Waals surface area contributed by atoms with Gasteiger partial charge in [-0.2, -0.15) is 0 Å². The fourth-order valence-corrected chi connectivity index (χ4v) is 14.0. The summed E-state index contributed by atoms with van der Waals surface area (Å²) in [6.45, 7) is 14.2. The van der Waals surface area contributed by atoms with Gasteiger partial charge in [-0.1, -0.05) is 364 Å². The number of hydrogen-bond donors (Lipinski definition) is 3. The lowest BCUT2D eigenvalue weighted by Gasteiger charge is -2.21. The van der Waals surface area contributed by atoms with Gasteiger partial charge in [-0.15, -0.1) is 0 Å². The van der Waals surface area contributed by atoms with Crippen LogP contribution in [0.2, 0.25) is 0 Å². The SMILES string of the molecule is CCC(C)CCCCCCCCC(=O)OC[C@H](COP(=O)(O)OC[C@H](O)COP(=O)(O)OC[C@@H](COC(=O)CCCCCCCCCCCCCCCCCCCCC(C)C)OC(=O)CCCCCCCCCCCCCC(C)C)OC(=O)CCCCCCCCCCCCCCC(C)C. The molecule has 6 atom stereocenters. The van der Waals surface area contributed by atoms with E-state index in [4.69, 9.17) is 37.0 Å². The molecule has 0 aliphatic rings. The van der Waals surface area contributed by atoms with Crippen LogP contribution in [0.1, 0.15) is 415 Å². The summed E-state index contributed by atoms with van der Waals surface area (Å²) in [6, 6.07) is 0. The summed E-state index contributed by atoms with van der Waals surface area (Å²) in [5.74, 6) is 0.980. The van der Waals surface area contributed by atoms with Gasteiger partial charge in [0.25, 0.3) is 0 Å². The fourth-order valence-electron chi connectivity index (χ4n) is 12.4. The van der Waals surface area contributed by atoms with E-state index in [0.29, 0.717) is 25.7 Å². The van der Waals surface area contributed by atoms with Crippen LogP contribution in [0, 0.1) is 23.7 Å². The van der Waals surface area contributed by atoms with Gasteiger partial charge in [0.05, 0.1) is 26.4 Å². The summed E-state index contributed by atoms with van der Waals surface area (Å²) in [4.78, 5) is 73.0. The zero-order chi connectivity index (χ0) is 73.8. The van der Waals surface area contributed by atoms with E-state index >= 15 is 0 Å². The quantitative estimate of drug-likeness (QED) is 0.0222. The minimum Gasteiger partial charge on any atom is -0.462 e. The van der Waals surface area contributed by atoms with Gasteiger partial charge in [0, 0.05) is 25.7 Å². The first-order valence-corrected chi connectivity index (χ1v) is 44.7. The van der Waals surface area contributed by atoms with E-state index in [1.165, 1.54) is 212 Å². The number of phosphoric acid groups is 2. The van der Waals surface area contributed by atoms with Crippen molar-refractivity contribution < 1.29 is 80.2 Å². The molecule has 0 spiro atoms. The molecule has 0 aromatic rings. The highest BCUT2D eigenvalue weighted by Gasteiger charge is 2.30. The van der Waals surface area contributed by atoms with E-state index in [9.17, 15) is 43.2 Å². The average molecular weight is 1470 g/mol. The number of unbranched alkanes of at least 4 members (excludes halogenated alkanes) is 43. The lowest BCUT2D eigenvalue weighted by Crippen LogP contribution is -2.30. The van der Waals surface area contributed by atoms with Crippen molar-refractivity contribution in [2.75, 3.05) is 39.6 Å². The van der Waals surface area contributed by atoms with Crippen LogP contribution in [-0.2, 0) is 65.4 Å². The van der Waals surface area contributed by atoms with Gasteiger partial charge in [0.2, 0.25) is 0 Å². The van der Waals surface area contributed by atoms with Gasteiger partial charge in [-0.05, 0) is 49.4 Å². The first-order chi connectivity index (χ1) is 48.1.